The Morgan fingerprint density at radius 3 is 2.48 bits per heavy atom. The summed E-state index contributed by atoms with van der Waals surface area (Å²) in [6.45, 7) is 7.66. The van der Waals surface area contributed by atoms with Crippen molar-refractivity contribution in [3.63, 3.8) is 0 Å². The van der Waals surface area contributed by atoms with Gasteiger partial charge in [0.05, 0.1) is 12.6 Å². The van der Waals surface area contributed by atoms with E-state index in [0.717, 1.165) is 5.56 Å². The molecule has 2 aromatic rings. The minimum absolute atomic E-state index is 0.0102. The van der Waals surface area contributed by atoms with E-state index in [1.807, 2.05) is 40.9 Å². The summed E-state index contributed by atoms with van der Waals surface area (Å²) in [5.41, 5.74) is 2.80. The van der Waals surface area contributed by atoms with Gasteiger partial charge >= 0.3 is 0 Å². The Labute approximate surface area is 161 Å². The molecule has 0 bridgehead atoms. The molecule has 2 heterocycles. The van der Waals surface area contributed by atoms with Gasteiger partial charge in [0.25, 0.3) is 5.91 Å². The number of ether oxygens (including phenoxy) is 1. The number of amides is 1. The lowest BCUT2D eigenvalue weighted by molar-refractivity contribution is -0.119. The Balaban J connectivity index is 1.60. The van der Waals surface area contributed by atoms with E-state index >= 15 is 0 Å². The van der Waals surface area contributed by atoms with Crippen LogP contribution in [0.15, 0.2) is 36.4 Å². The van der Waals surface area contributed by atoms with Crippen molar-refractivity contribution in [1.29, 1.82) is 0 Å². The molecular weight excluding hydrogens is 338 g/mol. The third kappa shape index (κ3) is 3.79. The molecule has 1 aromatic heterocycles. The van der Waals surface area contributed by atoms with Crippen LogP contribution in [0, 0.1) is 5.41 Å². The number of rotatable bonds is 3. The van der Waals surface area contributed by atoms with E-state index in [4.69, 9.17) is 4.74 Å². The molecular formula is C22H29N3O2. The van der Waals surface area contributed by atoms with Crippen LogP contribution in [0.3, 0.4) is 0 Å². The summed E-state index contributed by atoms with van der Waals surface area (Å²) in [6, 6.07) is 12.2. The van der Waals surface area contributed by atoms with Crippen molar-refractivity contribution in [2.75, 3.05) is 13.1 Å². The first-order chi connectivity index (χ1) is 12.8. The molecule has 0 N–H and O–H groups in total. The molecule has 1 aromatic carbocycles. The van der Waals surface area contributed by atoms with Crippen LogP contribution in [0.25, 0.3) is 0 Å². The van der Waals surface area contributed by atoms with Crippen molar-refractivity contribution in [3.8, 4) is 0 Å². The van der Waals surface area contributed by atoms with E-state index in [0.29, 0.717) is 24.7 Å². The zero-order chi connectivity index (χ0) is 19.2. The summed E-state index contributed by atoms with van der Waals surface area (Å²) in [7, 11) is 1.94. The van der Waals surface area contributed by atoms with Gasteiger partial charge in [0.15, 0.2) is 5.69 Å². The molecule has 2 atom stereocenters. The predicted octanol–water partition coefficient (Wildman–Crippen LogP) is 3.93. The highest BCUT2D eigenvalue weighted by Gasteiger charge is 2.38. The Morgan fingerprint density at radius 1 is 1.15 bits per heavy atom. The van der Waals surface area contributed by atoms with Crippen LogP contribution in [0.2, 0.25) is 0 Å². The summed E-state index contributed by atoms with van der Waals surface area (Å²) < 4.78 is 8.29. The molecule has 2 fully saturated rings. The van der Waals surface area contributed by atoms with Crippen molar-refractivity contribution < 1.29 is 9.53 Å². The first-order valence-electron chi connectivity index (χ1n) is 9.86. The standard InChI is InChI=1S/C22H29N3O2/c1-22(2,3)20-14-25(13-19(27-20)16-8-6-5-7-9-16)21(26)17-12-18(15-10-11-15)24(4)23-17/h5-9,12,15,19-20H,10-11,13-14H2,1-4H3/t19-,20+/m0/s1. The maximum Gasteiger partial charge on any atom is 0.274 e. The second-order valence-electron chi connectivity index (χ2n) is 8.95. The third-order valence-corrected chi connectivity index (χ3v) is 5.66. The highest BCUT2D eigenvalue weighted by atomic mass is 16.5. The number of hydrogen-bond acceptors (Lipinski definition) is 3. The summed E-state index contributed by atoms with van der Waals surface area (Å²) >= 11 is 0. The Kier molecular flexibility index (Phi) is 4.58. The van der Waals surface area contributed by atoms with Gasteiger partial charge < -0.3 is 9.64 Å². The highest BCUT2D eigenvalue weighted by molar-refractivity contribution is 5.92. The minimum Gasteiger partial charge on any atom is -0.366 e. The monoisotopic (exact) mass is 367 g/mol. The van der Waals surface area contributed by atoms with Crippen molar-refractivity contribution in [3.05, 3.63) is 53.3 Å². The smallest absolute Gasteiger partial charge is 0.274 e. The maximum absolute atomic E-state index is 13.3. The van der Waals surface area contributed by atoms with Gasteiger partial charge in [0.2, 0.25) is 0 Å². The van der Waals surface area contributed by atoms with Gasteiger partial charge in [-0.3, -0.25) is 9.48 Å². The quantitative estimate of drug-likeness (QED) is 0.826. The molecule has 1 aliphatic carbocycles. The van der Waals surface area contributed by atoms with Gasteiger partial charge in [-0.1, -0.05) is 51.1 Å². The molecule has 144 valence electrons. The molecule has 1 aliphatic heterocycles. The first-order valence-corrected chi connectivity index (χ1v) is 9.86. The number of hydrogen-bond donors (Lipinski definition) is 0. The molecule has 27 heavy (non-hydrogen) atoms. The lowest BCUT2D eigenvalue weighted by atomic mass is 9.87. The molecule has 1 saturated carbocycles. The number of carbonyl (C=O) groups excluding carboxylic acids is 1. The Morgan fingerprint density at radius 2 is 1.85 bits per heavy atom. The number of nitrogens with zero attached hydrogens (tertiary/aromatic N) is 3. The van der Waals surface area contributed by atoms with Crippen molar-refractivity contribution >= 4 is 5.91 Å². The van der Waals surface area contributed by atoms with Crippen molar-refractivity contribution in [2.24, 2.45) is 12.5 Å². The maximum atomic E-state index is 13.3. The largest absolute Gasteiger partial charge is 0.366 e. The number of aromatic nitrogens is 2. The van der Waals surface area contributed by atoms with Gasteiger partial charge in [-0.25, -0.2) is 0 Å². The molecule has 5 heteroatoms. The number of morpholine rings is 1. The van der Waals surface area contributed by atoms with E-state index in [1.54, 1.807) is 0 Å². The van der Waals surface area contributed by atoms with E-state index in [-0.39, 0.29) is 23.5 Å². The van der Waals surface area contributed by atoms with Crippen LogP contribution in [0.5, 0.6) is 0 Å². The third-order valence-electron chi connectivity index (χ3n) is 5.66. The lowest BCUT2D eigenvalue weighted by Gasteiger charge is -2.43. The lowest BCUT2D eigenvalue weighted by Crippen LogP contribution is -2.51. The van der Waals surface area contributed by atoms with E-state index in [1.165, 1.54) is 18.5 Å². The van der Waals surface area contributed by atoms with Crippen LogP contribution in [-0.2, 0) is 11.8 Å². The normalized spacial score (nSPS) is 23.5. The number of aryl methyl sites for hydroxylation is 1. The minimum atomic E-state index is -0.111. The fourth-order valence-corrected chi connectivity index (χ4v) is 3.76. The second-order valence-corrected chi connectivity index (χ2v) is 8.95. The average molecular weight is 367 g/mol. The van der Waals surface area contributed by atoms with Crippen LogP contribution in [-0.4, -0.2) is 39.8 Å². The molecule has 0 radical (unpaired) electrons. The topological polar surface area (TPSA) is 47.4 Å². The average Bonchev–Trinajstić information content (AvgIpc) is 3.42. The van der Waals surface area contributed by atoms with E-state index in [9.17, 15) is 4.79 Å². The van der Waals surface area contributed by atoms with Crippen molar-refractivity contribution in [1.82, 2.24) is 14.7 Å². The van der Waals surface area contributed by atoms with Gasteiger partial charge in [-0.2, -0.15) is 5.10 Å². The van der Waals surface area contributed by atoms with Gasteiger partial charge in [0.1, 0.15) is 6.10 Å². The zero-order valence-corrected chi connectivity index (χ0v) is 16.7. The molecule has 0 unspecified atom stereocenters. The van der Waals surface area contributed by atoms with E-state index < -0.39 is 0 Å². The molecule has 2 aliphatic rings. The molecule has 5 nitrogen and oxygen atoms in total. The Hall–Kier alpha value is -2.14. The van der Waals surface area contributed by atoms with Gasteiger partial charge in [0, 0.05) is 25.2 Å². The summed E-state index contributed by atoms with van der Waals surface area (Å²) in [5.74, 6) is 0.587. The molecule has 1 amide bonds. The summed E-state index contributed by atoms with van der Waals surface area (Å²) in [4.78, 5) is 15.2. The second kappa shape index (κ2) is 6.79. The highest BCUT2D eigenvalue weighted by Crippen LogP contribution is 2.40. The van der Waals surface area contributed by atoms with Gasteiger partial charge in [-0.05, 0) is 29.9 Å². The van der Waals surface area contributed by atoms with Crippen LogP contribution < -0.4 is 0 Å². The molecule has 1 saturated heterocycles. The molecule has 4 rings (SSSR count). The van der Waals surface area contributed by atoms with Gasteiger partial charge in [-0.15, -0.1) is 0 Å². The van der Waals surface area contributed by atoms with E-state index in [2.05, 4.69) is 38.0 Å². The zero-order valence-electron chi connectivity index (χ0n) is 16.7. The molecule has 0 spiro atoms. The SMILES string of the molecule is Cn1nc(C(=O)N2C[C@@H](c3ccccc3)O[C@@H](C(C)(C)C)C2)cc1C1CC1. The van der Waals surface area contributed by atoms with Crippen LogP contribution in [0.4, 0.5) is 0 Å². The fraction of sp³-hybridized carbons (Fsp3) is 0.545. The first kappa shape index (κ1) is 18.2. The van der Waals surface area contributed by atoms with Crippen LogP contribution >= 0.6 is 0 Å². The Bertz CT molecular complexity index is 818. The summed E-state index contributed by atoms with van der Waals surface area (Å²) in [5, 5.41) is 4.52. The van der Waals surface area contributed by atoms with Crippen molar-refractivity contribution in [2.45, 2.75) is 51.7 Å². The number of carbonyl (C=O) groups is 1. The summed E-state index contributed by atoms with van der Waals surface area (Å²) in [6.07, 6.45) is 2.27. The fourth-order valence-electron chi connectivity index (χ4n) is 3.76. The predicted molar refractivity (Wildman–Crippen MR) is 105 cm³/mol. The number of benzene rings is 1. The van der Waals surface area contributed by atoms with Crippen LogP contribution in [0.1, 0.15) is 67.4 Å².